The maximum Gasteiger partial charge on any atom is 2.00 e. The first-order valence-electron chi connectivity index (χ1n) is 8.74. The standard InChI is InChI=1S/C23H15N3O2.Pt/c27-26(28)21-10-4-8-19(16-21)23-12-5-11-22(25-23)18-7-3-6-17(14-18)15-20-9-1-2-13-24-20;/h1-7,9-13,16H,15H2;/q-2;+2. The van der Waals surface area contributed by atoms with Gasteiger partial charge in [-0.2, -0.15) is 0 Å². The van der Waals surface area contributed by atoms with Crippen LogP contribution in [0.25, 0.3) is 22.5 Å². The molecule has 0 bridgehead atoms. The van der Waals surface area contributed by atoms with Gasteiger partial charge in [0.15, 0.2) is 5.69 Å². The minimum absolute atomic E-state index is 0. The molecule has 2 heterocycles. The van der Waals surface area contributed by atoms with E-state index in [1.54, 1.807) is 12.3 Å². The fourth-order valence-corrected chi connectivity index (χ4v) is 2.92. The Labute approximate surface area is 182 Å². The van der Waals surface area contributed by atoms with Gasteiger partial charge in [0.25, 0.3) is 0 Å². The third-order valence-corrected chi connectivity index (χ3v) is 4.25. The van der Waals surface area contributed by atoms with Gasteiger partial charge < -0.3 is 4.98 Å². The van der Waals surface area contributed by atoms with E-state index in [4.69, 9.17) is 0 Å². The molecule has 5 nitrogen and oxygen atoms in total. The number of nitro groups is 1. The summed E-state index contributed by atoms with van der Waals surface area (Å²) in [7, 11) is 0. The molecule has 0 unspecified atom stereocenters. The Morgan fingerprint density at radius 1 is 0.931 bits per heavy atom. The van der Waals surface area contributed by atoms with Crippen LogP contribution in [-0.2, 0) is 27.5 Å². The molecule has 4 aromatic rings. The summed E-state index contributed by atoms with van der Waals surface area (Å²) < 4.78 is 0. The molecule has 144 valence electrons. The van der Waals surface area contributed by atoms with E-state index < -0.39 is 4.92 Å². The number of nitrogens with zero attached hydrogens (tertiary/aromatic N) is 3. The van der Waals surface area contributed by atoms with E-state index in [2.05, 4.69) is 22.1 Å². The number of rotatable bonds is 5. The molecule has 2 aromatic heterocycles. The van der Waals surface area contributed by atoms with Gasteiger partial charge in [-0.15, -0.1) is 53.1 Å². The summed E-state index contributed by atoms with van der Waals surface area (Å²) in [6, 6.07) is 28.2. The number of pyridine rings is 2. The number of benzene rings is 2. The fraction of sp³-hybridized carbons (Fsp3) is 0.0435. The van der Waals surface area contributed by atoms with Crippen molar-refractivity contribution in [3.63, 3.8) is 0 Å². The van der Waals surface area contributed by atoms with Gasteiger partial charge in [-0.05, 0) is 29.9 Å². The van der Waals surface area contributed by atoms with Gasteiger partial charge in [0.1, 0.15) is 0 Å². The molecule has 0 aliphatic heterocycles. The molecule has 0 spiro atoms. The maximum atomic E-state index is 11.0. The number of hydrogen-bond acceptors (Lipinski definition) is 4. The Kier molecular flexibility index (Phi) is 6.63. The molecule has 0 fully saturated rings. The Morgan fingerprint density at radius 2 is 1.72 bits per heavy atom. The van der Waals surface area contributed by atoms with Crippen LogP contribution in [0.4, 0.5) is 5.69 Å². The van der Waals surface area contributed by atoms with Gasteiger partial charge in [0.05, 0.1) is 0 Å². The first kappa shape index (κ1) is 20.6. The van der Waals surface area contributed by atoms with Crippen LogP contribution in [0.15, 0.2) is 79.0 Å². The first-order chi connectivity index (χ1) is 13.7. The summed E-state index contributed by atoms with van der Waals surface area (Å²) in [5, 5.41) is 11.0. The smallest absolute Gasteiger partial charge is 0.345 e. The monoisotopic (exact) mass is 560 g/mol. The Bertz CT molecular complexity index is 1130. The molecule has 29 heavy (non-hydrogen) atoms. The topological polar surface area (TPSA) is 68.9 Å². The number of hydrogen-bond donors (Lipinski definition) is 0. The van der Waals surface area contributed by atoms with Gasteiger partial charge in [-0.1, -0.05) is 36.4 Å². The zero-order valence-electron chi connectivity index (χ0n) is 15.2. The molecule has 0 N–H and O–H groups in total. The number of aromatic nitrogens is 2. The van der Waals surface area contributed by atoms with E-state index in [1.807, 2.05) is 54.6 Å². The second-order valence-corrected chi connectivity index (χ2v) is 6.21. The minimum Gasteiger partial charge on any atom is -0.345 e. The molecule has 0 aliphatic carbocycles. The summed E-state index contributed by atoms with van der Waals surface area (Å²) >= 11 is 0. The van der Waals surface area contributed by atoms with Crippen LogP contribution < -0.4 is 0 Å². The van der Waals surface area contributed by atoms with Gasteiger partial charge >= 0.3 is 21.1 Å². The van der Waals surface area contributed by atoms with Crippen molar-refractivity contribution in [1.82, 2.24) is 9.97 Å². The predicted octanol–water partition coefficient (Wildman–Crippen LogP) is 4.91. The van der Waals surface area contributed by atoms with Crippen molar-refractivity contribution < 1.29 is 26.0 Å². The van der Waals surface area contributed by atoms with E-state index in [1.165, 1.54) is 12.1 Å². The Balaban J connectivity index is 0.00000240. The second-order valence-electron chi connectivity index (χ2n) is 6.21. The van der Waals surface area contributed by atoms with Crippen LogP contribution in [0.1, 0.15) is 11.3 Å². The fourth-order valence-electron chi connectivity index (χ4n) is 2.92. The van der Waals surface area contributed by atoms with Gasteiger partial charge in [-0.3, -0.25) is 15.1 Å². The van der Waals surface area contributed by atoms with Crippen LogP contribution in [-0.4, -0.2) is 14.9 Å². The summed E-state index contributed by atoms with van der Waals surface area (Å²) in [5.41, 5.74) is 4.84. The quantitative estimate of drug-likeness (QED) is 0.198. The molecule has 0 saturated carbocycles. The largest absolute Gasteiger partial charge is 2.00 e. The Hall–Kier alpha value is -3.17. The molecule has 6 heteroatoms. The molecule has 0 radical (unpaired) electrons. The summed E-state index contributed by atoms with van der Waals surface area (Å²) in [6.45, 7) is 0. The van der Waals surface area contributed by atoms with E-state index in [0.717, 1.165) is 22.5 Å². The zero-order valence-corrected chi connectivity index (χ0v) is 17.5. The first-order valence-corrected chi connectivity index (χ1v) is 8.74. The number of non-ortho nitro benzene ring substituents is 1. The van der Waals surface area contributed by atoms with Crippen molar-refractivity contribution in [3.8, 4) is 22.5 Å². The summed E-state index contributed by atoms with van der Waals surface area (Å²) in [4.78, 5) is 19.6. The molecule has 0 atom stereocenters. The van der Waals surface area contributed by atoms with Crippen LogP contribution in [0, 0.1) is 22.2 Å². The molecular formula is C23H15N3O2Pt. The average Bonchev–Trinajstić information content (AvgIpc) is 2.75. The van der Waals surface area contributed by atoms with Crippen LogP contribution in [0.2, 0.25) is 0 Å². The van der Waals surface area contributed by atoms with Crippen LogP contribution >= 0.6 is 0 Å². The van der Waals surface area contributed by atoms with E-state index in [-0.39, 0.29) is 26.8 Å². The number of nitro benzene ring substituents is 1. The van der Waals surface area contributed by atoms with Crippen LogP contribution in [0.3, 0.4) is 0 Å². The van der Waals surface area contributed by atoms with Gasteiger partial charge in [0, 0.05) is 16.8 Å². The third-order valence-electron chi connectivity index (χ3n) is 4.25. The molecule has 0 amide bonds. The summed E-state index contributed by atoms with van der Waals surface area (Å²) in [5.74, 6) is 0. The van der Waals surface area contributed by atoms with Crippen molar-refractivity contribution in [2.75, 3.05) is 0 Å². The SMILES string of the molecule is O=[N+]([O-])c1cc[c-]c(-c2cccc(-c3[c-]c(Cc4ccccn4)ccc3)n2)c1.[Pt+2]. The summed E-state index contributed by atoms with van der Waals surface area (Å²) in [6.07, 6.45) is 2.47. The van der Waals surface area contributed by atoms with Crippen LogP contribution in [0.5, 0.6) is 0 Å². The van der Waals surface area contributed by atoms with Crippen molar-refractivity contribution in [2.45, 2.75) is 6.42 Å². The van der Waals surface area contributed by atoms with Crippen molar-refractivity contribution >= 4 is 5.69 Å². The molecule has 4 rings (SSSR count). The van der Waals surface area contributed by atoms with E-state index in [9.17, 15) is 10.1 Å². The molecular weight excluding hydrogens is 545 g/mol. The molecule has 0 saturated heterocycles. The second kappa shape index (κ2) is 9.35. The average molecular weight is 560 g/mol. The maximum absolute atomic E-state index is 11.0. The minimum atomic E-state index is -0.421. The van der Waals surface area contributed by atoms with Crippen molar-refractivity contribution in [1.29, 1.82) is 0 Å². The third kappa shape index (κ3) is 5.01. The van der Waals surface area contributed by atoms with Crippen molar-refractivity contribution in [2.24, 2.45) is 0 Å². The normalized spacial score (nSPS) is 10.2. The molecule has 2 aromatic carbocycles. The zero-order chi connectivity index (χ0) is 19.3. The predicted molar refractivity (Wildman–Crippen MR) is 106 cm³/mol. The molecule has 0 aliphatic rings. The van der Waals surface area contributed by atoms with Gasteiger partial charge in [-0.25, -0.2) is 0 Å². The Morgan fingerprint density at radius 3 is 2.48 bits per heavy atom. The van der Waals surface area contributed by atoms with Gasteiger partial charge in [0.2, 0.25) is 0 Å². The van der Waals surface area contributed by atoms with E-state index in [0.29, 0.717) is 17.7 Å². The van der Waals surface area contributed by atoms with Crippen molar-refractivity contribution in [3.05, 3.63) is 112 Å². The van der Waals surface area contributed by atoms with E-state index >= 15 is 0 Å².